The van der Waals surface area contributed by atoms with Gasteiger partial charge >= 0.3 is 0 Å². The van der Waals surface area contributed by atoms with Crippen molar-refractivity contribution in [2.75, 3.05) is 11.9 Å². The van der Waals surface area contributed by atoms with Crippen molar-refractivity contribution < 1.29 is 0 Å². The molecule has 1 aromatic heterocycles. The lowest BCUT2D eigenvalue weighted by Crippen LogP contribution is -2.08. The summed E-state index contributed by atoms with van der Waals surface area (Å²) in [6.07, 6.45) is 6.72. The van der Waals surface area contributed by atoms with E-state index in [0.717, 1.165) is 17.7 Å². The largest absolute Gasteiger partial charge is 0.367 e. The SMILES string of the molecule is C#CCCCNc1nnc(C)c(C)c1C#N. The maximum atomic E-state index is 9.04. The van der Waals surface area contributed by atoms with Gasteiger partial charge in [0.1, 0.15) is 11.6 Å². The van der Waals surface area contributed by atoms with Crippen LogP contribution in [0.4, 0.5) is 5.82 Å². The van der Waals surface area contributed by atoms with Gasteiger partial charge in [-0.25, -0.2) is 0 Å². The van der Waals surface area contributed by atoms with Crippen molar-refractivity contribution in [3.05, 3.63) is 16.8 Å². The van der Waals surface area contributed by atoms with Crippen molar-refractivity contribution in [1.29, 1.82) is 5.26 Å². The van der Waals surface area contributed by atoms with Crippen LogP contribution in [0.3, 0.4) is 0 Å². The van der Waals surface area contributed by atoms with E-state index in [2.05, 4.69) is 27.5 Å². The third-order valence-electron chi connectivity index (χ3n) is 2.36. The number of rotatable bonds is 4. The minimum atomic E-state index is 0.544. The molecule has 0 saturated carbocycles. The molecule has 0 aliphatic rings. The number of hydrogen-bond acceptors (Lipinski definition) is 4. The normalized spacial score (nSPS) is 9.25. The fourth-order valence-corrected chi connectivity index (χ4v) is 1.27. The first-order valence-corrected chi connectivity index (χ1v) is 5.12. The number of nitrogens with one attached hydrogen (secondary N) is 1. The summed E-state index contributed by atoms with van der Waals surface area (Å²) in [4.78, 5) is 0. The smallest absolute Gasteiger partial charge is 0.166 e. The number of anilines is 1. The number of unbranched alkanes of at least 4 members (excludes halogenated alkanes) is 1. The predicted octanol–water partition coefficient (Wildman–Crippen LogP) is 1.79. The molecule has 1 heterocycles. The molecular weight excluding hydrogens is 200 g/mol. The van der Waals surface area contributed by atoms with Crippen molar-refractivity contribution in [3.8, 4) is 18.4 Å². The van der Waals surface area contributed by atoms with Crippen LogP contribution < -0.4 is 5.32 Å². The molecule has 4 nitrogen and oxygen atoms in total. The molecule has 0 aromatic carbocycles. The van der Waals surface area contributed by atoms with Gasteiger partial charge in [0.2, 0.25) is 0 Å². The molecule has 0 aliphatic heterocycles. The van der Waals surface area contributed by atoms with Crippen molar-refractivity contribution >= 4 is 5.82 Å². The average Bonchev–Trinajstić information content (AvgIpc) is 2.29. The van der Waals surface area contributed by atoms with E-state index in [1.165, 1.54) is 0 Å². The lowest BCUT2D eigenvalue weighted by molar-refractivity contribution is 0.880. The van der Waals surface area contributed by atoms with E-state index >= 15 is 0 Å². The molecule has 0 atom stereocenters. The second-order valence-electron chi connectivity index (χ2n) is 3.48. The summed E-state index contributed by atoms with van der Waals surface area (Å²) in [5.41, 5.74) is 2.22. The van der Waals surface area contributed by atoms with E-state index in [1.54, 1.807) is 0 Å². The quantitative estimate of drug-likeness (QED) is 0.613. The summed E-state index contributed by atoms with van der Waals surface area (Å²) in [5.74, 6) is 3.11. The van der Waals surface area contributed by atoms with Crippen LogP contribution in [0, 0.1) is 37.5 Å². The molecule has 0 aliphatic carbocycles. The van der Waals surface area contributed by atoms with Crippen LogP contribution in [-0.2, 0) is 0 Å². The van der Waals surface area contributed by atoms with Crippen LogP contribution in [-0.4, -0.2) is 16.7 Å². The minimum absolute atomic E-state index is 0.544. The number of nitriles is 1. The highest BCUT2D eigenvalue weighted by Crippen LogP contribution is 2.16. The molecule has 0 radical (unpaired) electrons. The summed E-state index contributed by atoms with van der Waals surface area (Å²) in [5, 5.41) is 20.1. The molecular formula is C12H14N4. The number of hydrogen-bond donors (Lipinski definition) is 1. The monoisotopic (exact) mass is 214 g/mol. The average molecular weight is 214 g/mol. The number of aryl methyl sites for hydroxylation is 1. The summed E-state index contributed by atoms with van der Waals surface area (Å²) >= 11 is 0. The predicted molar refractivity (Wildman–Crippen MR) is 62.8 cm³/mol. The van der Waals surface area contributed by atoms with Crippen LogP contribution >= 0.6 is 0 Å². The Labute approximate surface area is 95.7 Å². The fourth-order valence-electron chi connectivity index (χ4n) is 1.27. The molecule has 4 heteroatoms. The lowest BCUT2D eigenvalue weighted by atomic mass is 10.1. The molecule has 1 rings (SSSR count). The first-order valence-electron chi connectivity index (χ1n) is 5.12. The maximum absolute atomic E-state index is 9.04. The molecule has 0 unspecified atom stereocenters. The zero-order chi connectivity index (χ0) is 12.0. The van der Waals surface area contributed by atoms with E-state index in [4.69, 9.17) is 11.7 Å². The Kier molecular flexibility index (Phi) is 4.29. The van der Waals surface area contributed by atoms with Crippen molar-refractivity contribution in [2.24, 2.45) is 0 Å². The van der Waals surface area contributed by atoms with Gasteiger partial charge in [0.25, 0.3) is 0 Å². The Balaban J connectivity index is 2.78. The molecule has 0 fully saturated rings. The van der Waals surface area contributed by atoms with Crippen LogP contribution in [0.15, 0.2) is 0 Å². The van der Waals surface area contributed by atoms with Gasteiger partial charge in [-0.1, -0.05) is 0 Å². The van der Waals surface area contributed by atoms with Gasteiger partial charge in [0, 0.05) is 13.0 Å². The van der Waals surface area contributed by atoms with Crippen molar-refractivity contribution in [3.63, 3.8) is 0 Å². The van der Waals surface area contributed by atoms with E-state index in [9.17, 15) is 0 Å². The molecule has 1 aromatic rings. The third kappa shape index (κ3) is 2.71. The Morgan fingerprint density at radius 1 is 1.38 bits per heavy atom. The molecule has 0 saturated heterocycles. The second-order valence-corrected chi connectivity index (χ2v) is 3.48. The second kappa shape index (κ2) is 5.72. The minimum Gasteiger partial charge on any atom is -0.367 e. The Morgan fingerprint density at radius 2 is 2.12 bits per heavy atom. The lowest BCUT2D eigenvalue weighted by Gasteiger charge is -2.08. The summed E-state index contributed by atoms with van der Waals surface area (Å²) < 4.78 is 0. The van der Waals surface area contributed by atoms with E-state index in [1.807, 2.05) is 13.8 Å². The highest BCUT2D eigenvalue weighted by Gasteiger charge is 2.09. The maximum Gasteiger partial charge on any atom is 0.166 e. The summed E-state index contributed by atoms with van der Waals surface area (Å²) in [6, 6.07) is 2.14. The first kappa shape index (κ1) is 12.0. The van der Waals surface area contributed by atoms with Gasteiger partial charge in [-0.05, 0) is 25.8 Å². The van der Waals surface area contributed by atoms with Crippen LogP contribution in [0.25, 0.3) is 0 Å². The summed E-state index contributed by atoms with van der Waals surface area (Å²) in [7, 11) is 0. The standard InChI is InChI=1S/C12H14N4/c1-4-5-6-7-14-12-11(8-13)9(2)10(3)15-16-12/h1H,5-7H2,2-3H3,(H,14,16). The van der Waals surface area contributed by atoms with Crippen LogP contribution in [0.2, 0.25) is 0 Å². The van der Waals surface area contributed by atoms with Crippen LogP contribution in [0.1, 0.15) is 29.7 Å². The Bertz CT molecular complexity index is 451. The molecule has 0 spiro atoms. The highest BCUT2D eigenvalue weighted by atomic mass is 15.2. The molecule has 16 heavy (non-hydrogen) atoms. The third-order valence-corrected chi connectivity index (χ3v) is 2.36. The van der Waals surface area contributed by atoms with Gasteiger partial charge in [-0.3, -0.25) is 0 Å². The molecule has 0 bridgehead atoms. The fraction of sp³-hybridized carbons (Fsp3) is 0.417. The Morgan fingerprint density at radius 3 is 2.75 bits per heavy atom. The zero-order valence-corrected chi connectivity index (χ0v) is 9.54. The van der Waals surface area contributed by atoms with Gasteiger partial charge in [-0.2, -0.15) is 10.4 Å². The number of nitrogens with zero attached hydrogens (tertiary/aromatic N) is 3. The topological polar surface area (TPSA) is 61.6 Å². The van der Waals surface area contributed by atoms with E-state index in [0.29, 0.717) is 24.3 Å². The van der Waals surface area contributed by atoms with Gasteiger partial charge in [0.15, 0.2) is 5.82 Å². The van der Waals surface area contributed by atoms with Crippen molar-refractivity contribution in [2.45, 2.75) is 26.7 Å². The van der Waals surface area contributed by atoms with Crippen LogP contribution in [0.5, 0.6) is 0 Å². The zero-order valence-electron chi connectivity index (χ0n) is 9.54. The Hall–Kier alpha value is -2.07. The first-order chi connectivity index (χ1) is 7.70. The van der Waals surface area contributed by atoms with E-state index < -0.39 is 0 Å². The molecule has 82 valence electrons. The van der Waals surface area contributed by atoms with E-state index in [-0.39, 0.29) is 0 Å². The number of aromatic nitrogens is 2. The van der Waals surface area contributed by atoms with Gasteiger partial charge in [-0.15, -0.1) is 17.4 Å². The van der Waals surface area contributed by atoms with Crippen molar-refractivity contribution in [1.82, 2.24) is 10.2 Å². The van der Waals surface area contributed by atoms with Gasteiger partial charge in [0.05, 0.1) is 5.69 Å². The molecule has 0 amide bonds. The highest BCUT2D eigenvalue weighted by molar-refractivity contribution is 5.55. The molecule has 1 N–H and O–H groups in total. The number of terminal acetylenes is 1. The van der Waals surface area contributed by atoms with Gasteiger partial charge < -0.3 is 5.32 Å². The summed E-state index contributed by atoms with van der Waals surface area (Å²) in [6.45, 7) is 4.41.